The van der Waals surface area contributed by atoms with Crippen LogP contribution in [0.15, 0.2) is 34.9 Å². The number of para-hydroxylation sites is 2. The molecular formula is C23H26BrN9O2. The van der Waals surface area contributed by atoms with Crippen molar-refractivity contribution in [2.45, 2.75) is 51.4 Å². The molecule has 1 aromatic carbocycles. The number of aromatic amines is 1. The number of hydrogen-bond acceptors (Lipinski definition) is 8. The number of carbonyl (C=O) groups is 1. The number of anilines is 2. The van der Waals surface area contributed by atoms with E-state index in [0.29, 0.717) is 37.2 Å². The summed E-state index contributed by atoms with van der Waals surface area (Å²) in [5.74, 6) is 1.99. The summed E-state index contributed by atoms with van der Waals surface area (Å²) in [7, 11) is 0. The number of ether oxygens (including phenoxy) is 1. The summed E-state index contributed by atoms with van der Waals surface area (Å²) in [5.41, 5.74) is 2.07. The molecule has 6 rings (SSSR count). The number of rotatable bonds is 4. The first kappa shape index (κ1) is 22.1. The van der Waals surface area contributed by atoms with Gasteiger partial charge in [0.2, 0.25) is 11.9 Å². The molecule has 11 nitrogen and oxygen atoms in total. The molecule has 182 valence electrons. The predicted molar refractivity (Wildman–Crippen MR) is 134 cm³/mol. The highest BCUT2D eigenvalue weighted by Crippen LogP contribution is 2.35. The van der Waals surface area contributed by atoms with Crippen LogP contribution in [0.2, 0.25) is 0 Å². The molecule has 0 spiro atoms. The van der Waals surface area contributed by atoms with Crippen LogP contribution in [0.4, 0.5) is 16.7 Å². The van der Waals surface area contributed by atoms with Gasteiger partial charge in [-0.3, -0.25) is 0 Å². The minimum absolute atomic E-state index is 0.0787. The Morgan fingerprint density at radius 3 is 2.77 bits per heavy atom. The van der Waals surface area contributed by atoms with Gasteiger partial charge < -0.3 is 24.8 Å². The zero-order valence-electron chi connectivity index (χ0n) is 19.7. The van der Waals surface area contributed by atoms with E-state index < -0.39 is 5.60 Å². The number of hydrogen-bond donors (Lipinski definition) is 2. The number of H-pyrrole nitrogens is 1. The molecule has 4 aromatic rings. The van der Waals surface area contributed by atoms with Crippen LogP contribution in [-0.4, -0.2) is 71.3 Å². The van der Waals surface area contributed by atoms with Crippen LogP contribution in [0.5, 0.6) is 0 Å². The van der Waals surface area contributed by atoms with Gasteiger partial charge in [0.25, 0.3) is 0 Å². The quantitative estimate of drug-likeness (QED) is 0.404. The molecular weight excluding hydrogens is 514 g/mol. The number of halogens is 1. The first-order valence-electron chi connectivity index (χ1n) is 11.6. The maximum Gasteiger partial charge on any atom is 0.410 e. The zero-order valence-corrected chi connectivity index (χ0v) is 21.3. The van der Waals surface area contributed by atoms with E-state index >= 15 is 0 Å². The van der Waals surface area contributed by atoms with E-state index in [-0.39, 0.29) is 18.2 Å². The van der Waals surface area contributed by atoms with Crippen LogP contribution in [0.25, 0.3) is 16.7 Å². The van der Waals surface area contributed by atoms with Crippen molar-refractivity contribution in [3.05, 3.63) is 40.8 Å². The number of benzene rings is 1. The third kappa shape index (κ3) is 4.05. The zero-order chi connectivity index (χ0) is 24.3. The van der Waals surface area contributed by atoms with E-state index in [1.807, 2.05) is 49.9 Å². The van der Waals surface area contributed by atoms with Crippen molar-refractivity contribution in [3.8, 4) is 0 Å². The van der Waals surface area contributed by atoms with Gasteiger partial charge in [0.05, 0.1) is 40.3 Å². The number of piperazine rings is 1. The monoisotopic (exact) mass is 539 g/mol. The van der Waals surface area contributed by atoms with Crippen LogP contribution in [-0.2, 0) is 11.3 Å². The third-order valence-corrected chi connectivity index (χ3v) is 6.85. The molecule has 2 saturated heterocycles. The van der Waals surface area contributed by atoms with Crippen LogP contribution >= 0.6 is 15.9 Å². The van der Waals surface area contributed by atoms with Crippen LogP contribution in [0, 0.1) is 0 Å². The van der Waals surface area contributed by atoms with Gasteiger partial charge in [-0.1, -0.05) is 12.1 Å². The molecule has 2 aliphatic rings. The fraction of sp³-hybridized carbons (Fsp3) is 0.435. The molecule has 2 atom stereocenters. The van der Waals surface area contributed by atoms with Crippen molar-refractivity contribution in [1.29, 1.82) is 0 Å². The van der Waals surface area contributed by atoms with Crippen molar-refractivity contribution < 1.29 is 9.53 Å². The van der Waals surface area contributed by atoms with E-state index in [0.717, 1.165) is 27.8 Å². The Balaban J connectivity index is 1.24. The van der Waals surface area contributed by atoms with Crippen molar-refractivity contribution in [3.63, 3.8) is 0 Å². The SMILES string of the molecule is CC(C)(C)OC(=O)N1C[C@@H]2C[C@H]1CN2c1nc(NCc2nc3ccccc3[nH]2)n2ncc(Br)c2n1. The van der Waals surface area contributed by atoms with Crippen molar-refractivity contribution in [1.82, 2.24) is 34.4 Å². The second kappa shape index (κ2) is 8.08. The topological polar surface area (TPSA) is 117 Å². The summed E-state index contributed by atoms with van der Waals surface area (Å²) in [6.45, 7) is 7.37. The normalized spacial score (nSPS) is 19.8. The van der Waals surface area contributed by atoms with E-state index in [4.69, 9.17) is 14.7 Å². The van der Waals surface area contributed by atoms with Crippen LogP contribution in [0.3, 0.4) is 0 Å². The minimum Gasteiger partial charge on any atom is -0.444 e. The average Bonchev–Trinajstić information content (AvgIpc) is 3.58. The number of likely N-dealkylation sites (tertiary alicyclic amines) is 1. The average molecular weight is 540 g/mol. The summed E-state index contributed by atoms with van der Waals surface area (Å²) in [5, 5.41) is 7.78. The van der Waals surface area contributed by atoms with E-state index in [2.05, 4.69) is 41.2 Å². The summed E-state index contributed by atoms with van der Waals surface area (Å²) in [4.78, 5) is 34.2. The van der Waals surface area contributed by atoms with Crippen molar-refractivity contribution in [2.75, 3.05) is 23.3 Å². The molecule has 5 heterocycles. The highest BCUT2D eigenvalue weighted by Gasteiger charge is 2.47. The number of aromatic nitrogens is 6. The summed E-state index contributed by atoms with van der Waals surface area (Å²) in [6.07, 6.45) is 2.32. The Morgan fingerprint density at radius 2 is 2.03 bits per heavy atom. The Bertz CT molecular complexity index is 1390. The molecule has 0 aliphatic carbocycles. The summed E-state index contributed by atoms with van der Waals surface area (Å²) < 4.78 is 8.06. The smallest absolute Gasteiger partial charge is 0.410 e. The lowest BCUT2D eigenvalue weighted by Gasteiger charge is -2.35. The fourth-order valence-electron chi connectivity index (χ4n) is 4.79. The maximum atomic E-state index is 12.6. The fourth-order valence-corrected chi connectivity index (χ4v) is 5.14. The standard InChI is InChI=1S/C23H26BrN9O2/c1-23(2,3)35-22(34)32-12-13-8-14(32)11-31(13)21-29-19-15(24)9-26-33(19)20(30-21)25-10-18-27-16-6-4-5-7-17(16)28-18/h4-7,9,13-14H,8,10-12H2,1-3H3,(H,27,28)(H,25,29,30)/t13-,14-/m0/s1. The van der Waals surface area contributed by atoms with E-state index in [1.165, 1.54) is 0 Å². The van der Waals surface area contributed by atoms with E-state index in [9.17, 15) is 4.79 Å². The molecule has 2 fully saturated rings. The maximum absolute atomic E-state index is 12.6. The molecule has 1 amide bonds. The molecule has 0 saturated carbocycles. The minimum atomic E-state index is -0.512. The molecule has 0 unspecified atom stereocenters. The molecule has 3 aromatic heterocycles. The predicted octanol–water partition coefficient (Wildman–Crippen LogP) is 3.57. The van der Waals surface area contributed by atoms with Gasteiger partial charge in [-0.25, -0.2) is 9.78 Å². The Labute approximate surface area is 210 Å². The molecule has 12 heteroatoms. The van der Waals surface area contributed by atoms with Gasteiger partial charge in [-0.15, -0.1) is 0 Å². The summed E-state index contributed by atoms with van der Waals surface area (Å²) in [6, 6.07) is 8.14. The van der Waals surface area contributed by atoms with Gasteiger partial charge >= 0.3 is 6.09 Å². The lowest BCUT2D eigenvalue weighted by Crippen LogP contribution is -2.50. The highest BCUT2D eigenvalue weighted by atomic mass is 79.9. The lowest BCUT2D eigenvalue weighted by atomic mass is 10.2. The largest absolute Gasteiger partial charge is 0.444 e. The van der Waals surface area contributed by atoms with Gasteiger partial charge in [0.15, 0.2) is 5.65 Å². The lowest BCUT2D eigenvalue weighted by molar-refractivity contribution is 0.0214. The third-order valence-electron chi connectivity index (χ3n) is 6.29. The number of imidazole rings is 1. The van der Waals surface area contributed by atoms with Gasteiger partial charge in [-0.2, -0.15) is 19.6 Å². The first-order valence-corrected chi connectivity index (χ1v) is 12.4. The summed E-state index contributed by atoms with van der Waals surface area (Å²) >= 11 is 3.55. The molecule has 2 bridgehead atoms. The number of nitrogens with one attached hydrogen (secondary N) is 2. The van der Waals surface area contributed by atoms with Crippen LogP contribution < -0.4 is 10.2 Å². The first-order chi connectivity index (χ1) is 16.7. The Hall–Kier alpha value is -3.41. The molecule has 2 N–H and O–H groups in total. The van der Waals surface area contributed by atoms with Crippen LogP contribution in [0.1, 0.15) is 33.0 Å². The van der Waals surface area contributed by atoms with Gasteiger partial charge in [-0.05, 0) is 55.3 Å². The van der Waals surface area contributed by atoms with Crippen molar-refractivity contribution in [2.24, 2.45) is 0 Å². The van der Waals surface area contributed by atoms with Crippen molar-refractivity contribution >= 4 is 50.6 Å². The molecule has 35 heavy (non-hydrogen) atoms. The Kier molecular flexibility index (Phi) is 5.09. The molecule has 0 radical (unpaired) electrons. The van der Waals surface area contributed by atoms with Gasteiger partial charge in [0, 0.05) is 13.1 Å². The number of nitrogens with zero attached hydrogens (tertiary/aromatic N) is 7. The highest BCUT2D eigenvalue weighted by molar-refractivity contribution is 9.10. The number of carbonyl (C=O) groups excluding carboxylic acids is 1. The number of amides is 1. The number of fused-ring (bicyclic) bond motifs is 4. The second-order valence-corrected chi connectivity index (χ2v) is 10.8. The Morgan fingerprint density at radius 1 is 1.20 bits per heavy atom. The van der Waals surface area contributed by atoms with Gasteiger partial charge in [0.1, 0.15) is 11.4 Å². The molecule has 2 aliphatic heterocycles. The second-order valence-electron chi connectivity index (χ2n) is 9.96. The van der Waals surface area contributed by atoms with E-state index in [1.54, 1.807) is 10.7 Å².